The lowest BCUT2D eigenvalue weighted by Crippen LogP contribution is -2.33. The molecule has 1 aliphatic rings. The molecule has 0 spiro atoms. The molecule has 32 heavy (non-hydrogen) atoms. The van der Waals surface area contributed by atoms with Crippen molar-refractivity contribution in [3.63, 3.8) is 0 Å². The molecule has 0 radical (unpaired) electrons. The summed E-state index contributed by atoms with van der Waals surface area (Å²) in [4.78, 5) is 28.8. The molecule has 1 aliphatic heterocycles. The molecule has 0 aromatic heterocycles. The second kappa shape index (κ2) is 10.6. The number of nitrogens with one attached hydrogen (secondary N) is 2. The summed E-state index contributed by atoms with van der Waals surface area (Å²) in [6.45, 7) is 2.21. The van der Waals surface area contributed by atoms with Gasteiger partial charge in [0.1, 0.15) is 11.9 Å². The number of hydrogen-bond acceptors (Lipinski definition) is 6. The fourth-order valence-corrected chi connectivity index (χ4v) is 3.50. The molecule has 2 amide bonds. The van der Waals surface area contributed by atoms with Gasteiger partial charge in [0, 0.05) is 12.5 Å². The van der Waals surface area contributed by atoms with Crippen LogP contribution in [0.5, 0.6) is 0 Å². The highest BCUT2D eigenvalue weighted by Crippen LogP contribution is 2.29. The minimum atomic E-state index is -0.576. The largest absolute Gasteiger partial charge is 0.442 e. The Morgan fingerprint density at radius 1 is 1.34 bits per heavy atom. The fourth-order valence-electron chi connectivity index (χ4n) is 3.16. The molecule has 2 aromatic rings. The smallest absolute Gasteiger partial charge is 0.414 e. The minimum Gasteiger partial charge on any atom is -0.442 e. The molecule has 3 rings (SSSR count). The van der Waals surface area contributed by atoms with Gasteiger partial charge in [0.25, 0.3) is 0 Å². The number of anilines is 1. The molecule has 0 saturated carbocycles. The quantitative estimate of drug-likeness (QED) is 0.300. The highest BCUT2D eigenvalue weighted by Gasteiger charge is 2.32. The van der Waals surface area contributed by atoms with Crippen molar-refractivity contribution in [3.05, 3.63) is 53.8 Å². The maximum atomic E-state index is 14.9. The molecule has 1 atom stereocenters. The van der Waals surface area contributed by atoms with E-state index < -0.39 is 18.0 Å². The third kappa shape index (κ3) is 5.76. The van der Waals surface area contributed by atoms with E-state index in [1.165, 1.54) is 29.7 Å². The van der Waals surface area contributed by atoms with Crippen LogP contribution in [-0.4, -0.2) is 42.6 Å². The molecular formula is C22H22FN5O3S. The van der Waals surface area contributed by atoms with Gasteiger partial charge in [0.05, 0.1) is 25.3 Å². The van der Waals surface area contributed by atoms with Crippen molar-refractivity contribution in [3.8, 4) is 17.3 Å². The number of nitriles is 1. The van der Waals surface area contributed by atoms with E-state index in [1.54, 1.807) is 24.3 Å². The van der Waals surface area contributed by atoms with Gasteiger partial charge in [-0.3, -0.25) is 20.0 Å². The molecule has 166 valence electrons. The summed E-state index contributed by atoms with van der Waals surface area (Å²) < 4.78 is 20.1. The highest BCUT2D eigenvalue weighted by molar-refractivity contribution is 8.13. The normalized spacial score (nSPS) is 15.8. The summed E-state index contributed by atoms with van der Waals surface area (Å²) in [5, 5.41) is 14.3. The van der Waals surface area contributed by atoms with Crippen LogP contribution in [-0.2, 0) is 16.1 Å². The maximum Gasteiger partial charge on any atom is 0.414 e. The number of carbonyl (C=O) groups excluding carboxylic acids is 2. The highest BCUT2D eigenvalue weighted by atomic mass is 32.2. The summed E-state index contributed by atoms with van der Waals surface area (Å²) in [6.07, 6.45) is 2.60. The Morgan fingerprint density at radius 2 is 2.09 bits per heavy atom. The van der Waals surface area contributed by atoms with Gasteiger partial charge in [-0.1, -0.05) is 36.0 Å². The summed E-state index contributed by atoms with van der Waals surface area (Å²) in [5.41, 5.74) is 2.40. The van der Waals surface area contributed by atoms with Crippen LogP contribution < -0.4 is 15.5 Å². The van der Waals surface area contributed by atoms with Crippen LogP contribution in [0.15, 0.2) is 47.5 Å². The molecule has 0 aliphatic carbocycles. The number of thioether (sulfide) groups is 1. The molecular weight excluding hydrogens is 433 g/mol. The summed E-state index contributed by atoms with van der Waals surface area (Å²) >= 11 is 1.34. The number of amides is 2. The van der Waals surface area contributed by atoms with Gasteiger partial charge in [-0.15, -0.1) is 0 Å². The van der Waals surface area contributed by atoms with E-state index in [-0.39, 0.29) is 19.0 Å². The lowest BCUT2D eigenvalue weighted by atomic mass is 10.0. The van der Waals surface area contributed by atoms with Gasteiger partial charge >= 0.3 is 6.09 Å². The Hall–Kier alpha value is -3.58. The van der Waals surface area contributed by atoms with Crippen molar-refractivity contribution in [2.75, 3.05) is 24.2 Å². The Bertz CT molecular complexity index is 1070. The van der Waals surface area contributed by atoms with Crippen LogP contribution >= 0.6 is 11.8 Å². The predicted octanol–water partition coefficient (Wildman–Crippen LogP) is 3.24. The number of nitrogens with zero attached hydrogens (tertiary/aromatic N) is 3. The number of cyclic esters (lactones) is 1. The van der Waals surface area contributed by atoms with E-state index in [9.17, 15) is 14.0 Å². The lowest BCUT2D eigenvalue weighted by Gasteiger charge is -2.14. The number of aliphatic imine (C=N–C) groups is 1. The van der Waals surface area contributed by atoms with Crippen molar-refractivity contribution in [2.24, 2.45) is 4.99 Å². The zero-order chi connectivity index (χ0) is 23.1. The molecule has 2 aromatic carbocycles. The SMILES string of the molecule is CSC(=NCc1ccc(-c2ccc(N3C[C@H](CNC(C)=O)OC3=O)cc2F)cc1)NC#N. The van der Waals surface area contributed by atoms with Crippen molar-refractivity contribution >= 4 is 34.6 Å². The first-order valence-corrected chi connectivity index (χ1v) is 11.0. The van der Waals surface area contributed by atoms with E-state index in [0.717, 1.165) is 5.56 Å². The number of benzene rings is 2. The second-order valence-corrected chi connectivity index (χ2v) is 7.77. The first-order valence-electron chi connectivity index (χ1n) is 9.76. The van der Waals surface area contributed by atoms with Gasteiger partial charge in [-0.2, -0.15) is 5.26 Å². The van der Waals surface area contributed by atoms with Crippen molar-refractivity contribution in [2.45, 2.75) is 19.6 Å². The zero-order valence-corrected chi connectivity index (χ0v) is 18.4. The lowest BCUT2D eigenvalue weighted by molar-refractivity contribution is -0.119. The third-order valence-corrected chi connectivity index (χ3v) is 5.36. The summed E-state index contributed by atoms with van der Waals surface area (Å²) in [5.74, 6) is -0.675. The van der Waals surface area contributed by atoms with Gasteiger partial charge in [-0.25, -0.2) is 9.18 Å². The third-order valence-electron chi connectivity index (χ3n) is 4.74. The van der Waals surface area contributed by atoms with Gasteiger partial charge in [-0.05, 0) is 35.6 Å². The van der Waals surface area contributed by atoms with E-state index in [0.29, 0.717) is 28.5 Å². The predicted molar refractivity (Wildman–Crippen MR) is 122 cm³/mol. The monoisotopic (exact) mass is 455 g/mol. The molecule has 0 unspecified atom stereocenters. The first-order chi connectivity index (χ1) is 15.4. The molecule has 10 heteroatoms. The van der Waals surface area contributed by atoms with Gasteiger partial charge < -0.3 is 10.1 Å². The molecule has 0 bridgehead atoms. The minimum absolute atomic E-state index is 0.208. The molecule has 8 nitrogen and oxygen atoms in total. The molecule has 2 N–H and O–H groups in total. The maximum absolute atomic E-state index is 14.9. The van der Waals surface area contributed by atoms with Crippen LogP contribution in [0.4, 0.5) is 14.9 Å². The second-order valence-electron chi connectivity index (χ2n) is 6.98. The fraction of sp³-hybridized carbons (Fsp3) is 0.273. The molecule has 1 fully saturated rings. The topological polar surface area (TPSA) is 107 Å². The van der Waals surface area contributed by atoms with E-state index >= 15 is 0 Å². The van der Waals surface area contributed by atoms with E-state index in [1.807, 2.05) is 24.6 Å². The van der Waals surface area contributed by atoms with Crippen LogP contribution in [0.1, 0.15) is 12.5 Å². The average molecular weight is 456 g/mol. The van der Waals surface area contributed by atoms with Crippen molar-refractivity contribution < 1.29 is 18.7 Å². The molecule has 1 heterocycles. The molecule has 1 saturated heterocycles. The Labute approximate surface area is 189 Å². The van der Waals surface area contributed by atoms with E-state index in [2.05, 4.69) is 15.6 Å². The van der Waals surface area contributed by atoms with E-state index in [4.69, 9.17) is 10.00 Å². The first kappa shape index (κ1) is 23.1. The van der Waals surface area contributed by atoms with Crippen molar-refractivity contribution in [1.82, 2.24) is 10.6 Å². The number of ether oxygens (including phenoxy) is 1. The van der Waals surface area contributed by atoms with Crippen molar-refractivity contribution in [1.29, 1.82) is 5.26 Å². The van der Waals surface area contributed by atoms with Crippen LogP contribution in [0, 0.1) is 17.3 Å². The Morgan fingerprint density at radius 3 is 2.72 bits per heavy atom. The zero-order valence-electron chi connectivity index (χ0n) is 17.6. The van der Waals surface area contributed by atoms with Crippen LogP contribution in [0.25, 0.3) is 11.1 Å². The van der Waals surface area contributed by atoms with Gasteiger partial charge in [0.15, 0.2) is 11.4 Å². The van der Waals surface area contributed by atoms with Gasteiger partial charge in [0.2, 0.25) is 5.91 Å². The standard InChI is InChI=1S/C22H22FN5O3S/c1-14(29)25-11-18-12-28(22(30)31-18)17-7-8-19(20(23)9-17)16-5-3-15(4-6-16)10-26-21(32-2)27-13-24/h3-9,18H,10-12H2,1-2H3,(H,25,29)(H,26,27)/t18-/m0/s1. The summed E-state index contributed by atoms with van der Waals surface area (Å²) in [6, 6.07) is 11.9. The number of rotatable bonds is 6. The summed E-state index contributed by atoms with van der Waals surface area (Å²) in [7, 11) is 0. The number of halogens is 1. The number of hydrogen-bond donors (Lipinski definition) is 2. The number of carbonyl (C=O) groups is 2. The Kier molecular flexibility index (Phi) is 7.68. The van der Waals surface area contributed by atoms with Crippen LogP contribution in [0.3, 0.4) is 0 Å². The average Bonchev–Trinajstić information content (AvgIpc) is 3.16. The Balaban J connectivity index is 1.69. The number of amidine groups is 1. The van der Waals surface area contributed by atoms with Crippen LogP contribution in [0.2, 0.25) is 0 Å².